The largest absolute Gasteiger partial charge is 0.497 e. The fourth-order valence-corrected chi connectivity index (χ4v) is 3.89. The van der Waals surface area contributed by atoms with E-state index in [1.54, 1.807) is 7.11 Å². The fourth-order valence-electron chi connectivity index (χ4n) is 3.12. The van der Waals surface area contributed by atoms with Crippen molar-refractivity contribution in [3.8, 4) is 11.4 Å². The molecule has 0 saturated heterocycles. The third-order valence-electron chi connectivity index (χ3n) is 4.63. The second-order valence-electron chi connectivity index (χ2n) is 6.80. The SMILES string of the molecule is COc1ccc(Cc2nnc(SCC(=O)Nc3ccccc3)n2-c2ccccc2)cc1. The van der Waals surface area contributed by atoms with Crippen LogP contribution in [-0.4, -0.2) is 33.5 Å². The van der Waals surface area contributed by atoms with Crippen molar-refractivity contribution in [2.45, 2.75) is 11.6 Å². The highest BCUT2D eigenvalue weighted by Crippen LogP contribution is 2.24. The number of carbonyl (C=O) groups is 1. The summed E-state index contributed by atoms with van der Waals surface area (Å²) in [4.78, 5) is 12.4. The van der Waals surface area contributed by atoms with Crippen molar-refractivity contribution in [1.29, 1.82) is 0 Å². The van der Waals surface area contributed by atoms with E-state index in [4.69, 9.17) is 4.74 Å². The van der Waals surface area contributed by atoms with Crippen molar-refractivity contribution >= 4 is 23.4 Å². The Kier molecular flexibility index (Phi) is 6.64. The van der Waals surface area contributed by atoms with Crippen LogP contribution in [0.15, 0.2) is 90.1 Å². The molecule has 0 atom stereocenters. The van der Waals surface area contributed by atoms with Gasteiger partial charge in [-0.25, -0.2) is 0 Å². The number of aromatic nitrogens is 3. The first-order valence-electron chi connectivity index (χ1n) is 9.83. The van der Waals surface area contributed by atoms with Gasteiger partial charge in [0.2, 0.25) is 5.91 Å². The number of amides is 1. The molecule has 4 aromatic rings. The van der Waals surface area contributed by atoms with E-state index in [-0.39, 0.29) is 11.7 Å². The minimum atomic E-state index is -0.0875. The lowest BCUT2D eigenvalue weighted by Gasteiger charge is -2.11. The standard InChI is InChI=1S/C24H22N4O2S/c1-30-21-14-12-18(13-15-21)16-22-26-27-24(28(22)20-10-6-3-7-11-20)31-17-23(29)25-19-8-4-2-5-9-19/h2-15H,16-17H2,1H3,(H,25,29). The number of benzene rings is 3. The summed E-state index contributed by atoms with van der Waals surface area (Å²) in [6.07, 6.45) is 0.614. The van der Waals surface area contributed by atoms with Gasteiger partial charge in [-0.2, -0.15) is 0 Å². The molecular weight excluding hydrogens is 408 g/mol. The van der Waals surface area contributed by atoms with Gasteiger partial charge in [0.25, 0.3) is 0 Å². The molecule has 0 aliphatic heterocycles. The Morgan fingerprint density at radius 3 is 2.29 bits per heavy atom. The summed E-state index contributed by atoms with van der Waals surface area (Å²) in [6.45, 7) is 0. The highest BCUT2D eigenvalue weighted by Gasteiger charge is 2.16. The average molecular weight is 431 g/mol. The monoisotopic (exact) mass is 430 g/mol. The van der Waals surface area contributed by atoms with Crippen LogP contribution in [0.2, 0.25) is 0 Å². The molecular formula is C24H22N4O2S. The van der Waals surface area contributed by atoms with Crippen LogP contribution in [0.4, 0.5) is 5.69 Å². The van der Waals surface area contributed by atoms with Gasteiger partial charge in [-0.3, -0.25) is 9.36 Å². The van der Waals surface area contributed by atoms with E-state index in [9.17, 15) is 4.79 Å². The van der Waals surface area contributed by atoms with Gasteiger partial charge in [0.05, 0.1) is 12.9 Å². The molecule has 1 aromatic heterocycles. The van der Waals surface area contributed by atoms with Crippen LogP contribution in [-0.2, 0) is 11.2 Å². The predicted octanol–water partition coefficient (Wildman–Crippen LogP) is 4.60. The Morgan fingerprint density at radius 2 is 1.61 bits per heavy atom. The molecule has 7 heteroatoms. The quantitative estimate of drug-likeness (QED) is 0.414. The molecule has 156 valence electrons. The molecule has 0 saturated carbocycles. The third kappa shape index (κ3) is 5.32. The number of hydrogen-bond donors (Lipinski definition) is 1. The predicted molar refractivity (Wildman–Crippen MR) is 123 cm³/mol. The molecule has 0 bridgehead atoms. The van der Waals surface area contributed by atoms with Crippen molar-refractivity contribution in [3.63, 3.8) is 0 Å². The fraction of sp³-hybridized carbons (Fsp3) is 0.125. The summed E-state index contributed by atoms with van der Waals surface area (Å²) in [7, 11) is 1.65. The van der Waals surface area contributed by atoms with Crippen LogP contribution in [0.5, 0.6) is 5.75 Å². The molecule has 0 spiro atoms. The zero-order valence-corrected chi connectivity index (χ0v) is 17.9. The van der Waals surface area contributed by atoms with E-state index in [0.29, 0.717) is 11.6 Å². The smallest absolute Gasteiger partial charge is 0.234 e. The zero-order chi connectivity index (χ0) is 21.5. The minimum absolute atomic E-state index is 0.0875. The summed E-state index contributed by atoms with van der Waals surface area (Å²) >= 11 is 1.36. The Bertz CT molecular complexity index is 1130. The Labute approximate surface area is 185 Å². The summed E-state index contributed by atoms with van der Waals surface area (Å²) < 4.78 is 7.24. The van der Waals surface area contributed by atoms with E-state index in [1.807, 2.05) is 89.5 Å². The van der Waals surface area contributed by atoms with Gasteiger partial charge in [-0.1, -0.05) is 60.3 Å². The summed E-state index contributed by atoms with van der Waals surface area (Å²) in [5.74, 6) is 1.77. The van der Waals surface area contributed by atoms with E-state index in [0.717, 1.165) is 28.5 Å². The van der Waals surface area contributed by atoms with Crippen LogP contribution in [0, 0.1) is 0 Å². The normalized spacial score (nSPS) is 10.6. The number of rotatable bonds is 8. The number of para-hydroxylation sites is 2. The van der Waals surface area contributed by atoms with E-state index in [2.05, 4.69) is 15.5 Å². The van der Waals surface area contributed by atoms with Crippen LogP contribution in [0.25, 0.3) is 5.69 Å². The molecule has 0 aliphatic rings. The maximum atomic E-state index is 12.4. The number of carbonyl (C=O) groups excluding carboxylic acids is 1. The molecule has 3 aromatic carbocycles. The van der Waals surface area contributed by atoms with Crippen molar-refractivity contribution in [3.05, 3.63) is 96.3 Å². The van der Waals surface area contributed by atoms with Gasteiger partial charge in [0.15, 0.2) is 5.16 Å². The number of anilines is 1. The van der Waals surface area contributed by atoms with Crippen molar-refractivity contribution in [2.24, 2.45) is 0 Å². The van der Waals surface area contributed by atoms with Gasteiger partial charge in [-0.05, 0) is 42.0 Å². The molecule has 0 radical (unpaired) electrons. The maximum Gasteiger partial charge on any atom is 0.234 e. The second kappa shape index (κ2) is 9.95. The summed E-state index contributed by atoms with van der Waals surface area (Å²) in [5, 5.41) is 12.4. The molecule has 1 heterocycles. The van der Waals surface area contributed by atoms with Crippen molar-refractivity contribution < 1.29 is 9.53 Å². The van der Waals surface area contributed by atoms with Gasteiger partial charge in [0.1, 0.15) is 11.6 Å². The lowest BCUT2D eigenvalue weighted by Crippen LogP contribution is -2.14. The number of nitrogens with zero attached hydrogens (tertiary/aromatic N) is 3. The molecule has 1 amide bonds. The highest BCUT2D eigenvalue weighted by atomic mass is 32.2. The van der Waals surface area contributed by atoms with E-state index < -0.39 is 0 Å². The Morgan fingerprint density at radius 1 is 0.935 bits per heavy atom. The van der Waals surface area contributed by atoms with Crippen molar-refractivity contribution in [2.75, 3.05) is 18.2 Å². The van der Waals surface area contributed by atoms with Gasteiger partial charge < -0.3 is 10.1 Å². The number of thioether (sulfide) groups is 1. The number of methoxy groups -OCH3 is 1. The maximum absolute atomic E-state index is 12.4. The molecule has 4 rings (SSSR count). The number of hydrogen-bond acceptors (Lipinski definition) is 5. The third-order valence-corrected chi connectivity index (χ3v) is 5.55. The molecule has 0 fully saturated rings. The lowest BCUT2D eigenvalue weighted by atomic mass is 10.1. The Hall–Kier alpha value is -3.58. The highest BCUT2D eigenvalue weighted by molar-refractivity contribution is 7.99. The summed E-state index contributed by atoms with van der Waals surface area (Å²) in [5.41, 5.74) is 2.84. The molecule has 0 aliphatic carbocycles. The molecule has 6 nitrogen and oxygen atoms in total. The Balaban J connectivity index is 1.53. The van der Waals surface area contributed by atoms with E-state index in [1.165, 1.54) is 11.8 Å². The first kappa shape index (κ1) is 20.7. The second-order valence-corrected chi connectivity index (χ2v) is 7.74. The lowest BCUT2D eigenvalue weighted by molar-refractivity contribution is -0.113. The van der Waals surface area contributed by atoms with Crippen molar-refractivity contribution in [1.82, 2.24) is 14.8 Å². The first-order chi connectivity index (χ1) is 15.2. The molecule has 31 heavy (non-hydrogen) atoms. The molecule has 0 unspecified atom stereocenters. The van der Waals surface area contributed by atoms with Crippen LogP contribution < -0.4 is 10.1 Å². The summed E-state index contributed by atoms with van der Waals surface area (Å²) in [6, 6.07) is 27.3. The number of nitrogens with one attached hydrogen (secondary N) is 1. The minimum Gasteiger partial charge on any atom is -0.497 e. The van der Waals surface area contributed by atoms with Gasteiger partial charge >= 0.3 is 0 Å². The van der Waals surface area contributed by atoms with E-state index >= 15 is 0 Å². The number of ether oxygens (including phenoxy) is 1. The van der Waals surface area contributed by atoms with Gasteiger partial charge in [-0.15, -0.1) is 10.2 Å². The van der Waals surface area contributed by atoms with Crippen LogP contribution >= 0.6 is 11.8 Å². The van der Waals surface area contributed by atoms with Crippen LogP contribution in [0.1, 0.15) is 11.4 Å². The topological polar surface area (TPSA) is 69.0 Å². The first-order valence-corrected chi connectivity index (χ1v) is 10.8. The average Bonchev–Trinajstić information content (AvgIpc) is 3.22. The zero-order valence-electron chi connectivity index (χ0n) is 17.1. The molecule has 1 N–H and O–H groups in total. The van der Waals surface area contributed by atoms with Crippen LogP contribution in [0.3, 0.4) is 0 Å². The van der Waals surface area contributed by atoms with Gasteiger partial charge in [0, 0.05) is 17.8 Å².